The summed E-state index contributed by atoms with van der Waals surface area (Å²) >= 11 is 1.26. The van der Waals surface area contributed by atoms with Gasteiger partial charge < -0.3 is 14.8 Å². The summed E-state index contributed by atoms with van der Waals surface area (Å²) < 4.78 is 1.73. The topological polar surface area (TPSA) is 54.3 Å². The largest absolute Gasteiger partial charge is 0.342 e. The standard InChI is InChI=1S/C15H25N3O2S/c1-11-12(2)21-15(20)18(11)8-6-14(19)17-7-4-5-13(10-17)9-16-3/h13,16H,4-10H2,1-3H3. The van der Waals surface area contributed by atoms with E-state index in [0.717, 1.165) is 36.6 Å². The minimum absolute atomic E-state index is 0.0458. The summed E-state index contributed by atoms with van der Waals surface area (Å²) in [7, 11) is 1.95. The summed E-state index contributed by atoms with van der Waals surface area (Å²) in [6, 6.07) is 0. The van der Waals surface area contributed by atoms with Crippen molar-refractivity contribution in [2.75, 3.05) is 26.7 Å². The lowest BCUT2D eigenvalue weighted by atomic mass is 9.98. The van der Waals surface area contributed by atoms with E-state index in [9.17, 15) is 9.59 Å². The quantitative estimate of drug-likeness (QED) is 0.894. The van der Waals surface area contributed by atoms with Crippen LogP contribution >= 0.6 is 11.3 Å². The van der Waals surface area contributed by atoms with Gasteiger partial charge in [-0.2, -0.15) is 0 Å². The van der Waals surface area contributed by atoms with Gasteiger partial charge in [-0.15, -0.1) is 0 Å². The summed E-state index contributed by atoms with van der Waals surface area (Å²) in [6.07, 6.45) is 2.69. The lowest BCUT2D eigenvalue weighted by Crippen LogP contribution is -2.42. The van der Waals surface area contributed by atoms with Gasteiger partial charge in [0.05, 0.1) is 0 Å². The Kier molecular flexibility index (Phi) is 5.58. The van der Waals surface area contributed by atoms with Gasteiger partial charge in [0.25, 0.3) is 0 Å². The fourth-order valence-corrected chi connectivity index (χ4v) is 3.82. The van der Waals surface area contributed by atoms with Gasteiger partial charge >= 0.3 is 4.87 Å². The Hall–Kier alpha value is -1.14. The molecule has 1 fully saturated rings. The van der Waals surface area contributed by atoms with Crippen molar-refractivity contribution < 1.29 is 4.79 Å². The van der Waals surface area contributed by atoms with Gasteiger partial charge in [0.2, 0.25) is 5.91 Å². The van der Waals surface area contributed by atoms with Crippen LogP contribution < -0.4 is 10.2 Å². The molecule has 0 radical (unpaired) electrons. The van der Waals surface area contributed by atoms with E-state index < -0.39 is 0 Å². The lowest BCUT2D eigenvalue weighted by molar-refractivity contribution is -0.133. The average Bonchev–Trinajstić information content (AvgIpc) is 2.70. The molecule has 0 saturated carbocycles. The first-order chi connectivity index (χ1) is 10.0. The molecule has 1 aromatic rings. The van der Waals surface area contributed by atoms with Crippen LogP contribution in [0.15, 0.2) is 4.79 Å². The maximum Gasteiger partial charge on any atom is 0.307 e. The van der Waals surface area contributed by atoms with Gasteiger partial charge in [0.1, 0.15) is 0 Å². The van der Waals surface area contributed by atoms with Gasteiger partial charge in [0.15, 0.2) is 0 Å². The highest BCUT2D eigenvalue weighted by molar-refractivity contribution is 7.09. The molecule has 0 bridgehead atoms. The number of amides is 1. The van der Waals surface area contributed by atoms with Crippen LogP contribution in [0.25, 0.3) is 0 Å². The van der Waals surface area contributed by atoms with Gasteiger partial charge in [0, 0.05) is 36.6 Å². The number of hydrogen-bond acceptors (Lipinski definition) is 4. The van der Waals surface area contributed by atoms with E-state index in [1.54, 1.807) is 4.57 Å². The molecule has 1 aliphatic rings. The summed E-state index contributed by atoms with van der Waals surface area (Å²) in [5, 5.41) is 3.19. The van der Waals surface area contributed by atoms with Crippen molar-refractivity contribution in [2.24, 2.45) is 5.92 Å². The number of carbonyl (C=O) groups is 1. The Labute approximate surface area is 130 Å². The van der Waals surface area contributed by atoms with Crippen LogP contribution in [0.1, 0.15) is 29.8 Å². The molecule has 1 N–H and O–H groups in total. The summed E-state index contributed by atoms with van der Waals surface area (Å²) in [5.74, 6) is 0.728. The number of piperidine rings is 1. The van der Waals surface area contributed by atoms with Crippen molar-refractivity contribution in [3.05, 3.63) is 20.2 Å². The molecule has 0 aromatic carbocycles. The highest BCUT2D eigenvalue weighted by Crippen LogP contribution is 2.17. The normalized spacial score (nSPS) is 19.0. The Balaban J connectivity index is 1.91. The number of likely N-dealkylation sites (tertiary alicyclic amines) is 1. The second-order valence-corrected chi connectivity index (χ2v) is 6.98. The van der Waals surface area contributed by atoms with E-state index in [2.05, 4.69) is 5.32 Å². The second-order valence-electron chi connectivity index (χ2n) is 5.82. The van der Waals surface area contributed by atoms with Crippen LogP contribution in [-0.2, 0) is 11.3 Å². The number of nitrogens with zero attached hydrogens (tertiary/aromatic N) is 2. The SMILES string of the molecule is CNCC1CCCN(C(=O)CCn2c(C)c(C)sc2=O)C1. The maximum absolute atomic E-state index is 12.3. The first-order valence-electron chi connectivity index (χ1n) is 7.62. The smallest absolute Gasteiger partial charge is 0.307 e. The van der Waals surface area contributed by atoms with Crippen LogP contribution in [0.4, 0.5) is 0 Å². The molecule has 0 spiro atoms. The predicted octanol–water partition coefficient (Wildman–Crippen LogP) is 1.37. The first kappa shape index (κ1) is 16.2. The monoisotopic (exact) mass is 311 g/mol. The zero-order valence-corrected chi connectivity index (χ0v) is 14.0. The minimum atomic E-state index is 0.0458. The number of aromatic nitrogens is 1. The molecule has 1 amide bonds. The zero-order chi connectivity index (χ0) is 15.4. The van der Waals surface area contributed by atoms with E-state index in [4.69, 9.17) is 0 Å². The third-order valence-electron chi connectivity index (χ3n) is 4.29. The van der Waals surface area contributed by atoms with E-state index in [1.165, 1.54) is 17.8 Å². The number of hydrogen-bond donors (Lipinski definition) is 1. The Morgan fingerprint density at radius 2 is 2.19 bits per heavy atom. The zero-order valence-electron chi connectivity index (χ0n) is 13.1. The molecule has 2 rings (SSSR count). The van der Waals surface area contributed by atoms with Gasteiger partial charge in [-0.3, -0.25) is 9.59 Å². The molecule has 1 atom stereocenters. The first-order valence-corrected chi connectivity index (χ1v) is 8.43. The van der Waals surface area contributed by atoms with Crippen molar-refractivity contribution in [3.8, 4) is 0 Å². The highest BCUT2D eigenvalue weighted by Gasteiger charge is 2.23. The summed E-state index contributed by atoms with van der Waals surface area (Å²) in [6.45, 7) is 7.06. The highest BCUT2D eigenvalue weighted by atomic mass is 32.1. The number of nitrogens with one attached hydrogen (secondary N) is 1. The van der Waals surface area contributed by atoms with Gasteiger partial charge in [-0.25, -0.2) is 0 Å². The van der Waals surface area contributed by atoms with Crippen LogP contribution in [0, 0.1) is 19.8 Å². The van der Waals surface area contributed by atoms with Crippen molar-refractivity contribution in [1.29, 1.82) is 0 Å². The van der Waals surface area contributed by atoms with Gasteiger partial charge in [-0.1, -0.05) is 11.3 Å². The van der Waals surface area contributed by atoms with Crippen LogP contribution in [0.3, 0.4) is 0 Å². The molecule has 1 unspecified atom stereocenters. The molecule has 5 nitrogen and oxygen atoms in total. The Bertz CT molecular complexity index is 548. The van der Waals surface area contributed by atoms with Crippen LogP contribution in [0.2, 0.25) is 0 Å². The Morgan fingerprint density at radius 1 is 1.43 bits per heavy atom. The number of thiazole rings is 1. The average molecular weight is 311 g/mol. The Morgan fingerprint density at radius 3 is 2.81 bits per heavy atom. The summed E-state index contributed by atoms with van der Waals surface area (Å²) in [4.78, 5) is 27.2. The number of carbonyl (C=O) groups excluding carboxylic acids is 1. The van der Waals surface area contributed by atoms with Crippen molar-refractivity contribution in [1.82, 2.24) is 14.8 Å². The molecule has 1 aromatic heterocycles. The van der Waals surface area contributed by atoms with Crippen molar-refractivity contribution >= 4 is 17.2 Å². The molecular weight excluding hydrogens is 286 g/mol. The summed E-state index contributed by atoms with van der Waals surface area (Å²) in [5.41, 5.74) is 0.990. The van der Waals surface area contributed by atoms with Crippen LogP contribution in [0.5, 0.6) is 0 Å². The van der Waals surface area contributed by atoms with Gasteiger partial charge in [-0.05, 0) is 46.2 Å². The predicted molar refractivity (Wildman–Crippen MR) is 85.9 cm³/mol. The maximum atomic E-state index is 12.3. The third kappa shape index (κ3) is 3.95. The van der Waals surface area contributed by atoms with E-state index in [0.29, 0.717) is 18.9 Å². The van der Waals surface area contributed by atoms with E-state index in [1.807, 2.05) is 25.8 Å². The molecule has 6 heteroatoms. The third-order valence-corrected chi connectivity index (χ3v) is 5.29. The molecule has 21 heavy (non-hydrogen) atoms. The molecule has 2 heterocycles. The fraction of sp³-hybridized carbons (Fsp3) is 0.733. The molecule has 118 valence electrons. The van der Waals surface area contributed by atoms with Crippen LogP contribution in [-0.4, -0.2) is 42.1 Å². The number of aryl methyl sites for hydroxylation is 1. The molecule has 1 aliphatic heterocycles. The van der Waals surface area contributed by atoms with E-state index >= 15 is 0 Å². The van der Waals surface area contributed by atoms with Crippen molar-refractivity contribution in [3.63, 3.8) is 0 Å². The van der Waals surface area contributed by atoms with E-state index in [-0.39, 0.29) is 10.8 Å². The molecular formula is C15H25N3O2S. The minimum Gasteiger partial charge on any atom is -0.342 e. The lowest BCUT2D eigenvalue weighted by Gasteiger charge is -2.32. The fourth-order valence-electron chi connectivity index (χ4n) is 2.96. The number of rotatable bonds is 5. The second kappa shape index (κ2) is 7.22. The van der Waals surface area contributed by atoms with Crippen molar-refractivity contribution in [2.45, 2.75) is 39.7 Å². The molecule has 1 saturated heterocycles. The molecule has 0 aliphatic carbocycles.